The van der Waals surface area contributed by atoms with Gasteiger partial charge in [-0.1, -0.05) is 6.07 Å². The Labute approximate surface area is 159 Å². The molecule has 1 fully saturated rings. The number of piperazine rings is 1. The van der Waals surface area contributed by atoms with Crippen LogP contribution < -0.4 is 14.4 Å². The minimum Gasteiger partial charge on any atom is -0.497 e. The Morgan fingerprint density at radius 1 is 1.00 bits per heavy atom. The molecule has 1 atom stereocenters. The first-order valence-electron chi connectivity index (χ1n) is 9.07. The second-order valence-electron chi connectivity index (χ2n) is 6.66. The number of carboxylic acid groups (broad SMARTS) is 1. The van der Waals surface area contributed by atoms with Crippen molar-refractivity contribution in [2.24, 2.45) is 0 Å². The maximum absolute atomic E-state index is 11.0. The van der Waals surface area contributed by atoms with E-state index in [9.17, 15) is 4.79 Å². The van der Waals surface area contributed by atoms with Gasteiger partial charge < -0.3 is 19.5 Å². The number of methoxy groups -OCH3 is 2. The summed E-state index contributed by atoms with van der Waals surface area (Å²) in [6.45, 7) is 5.85. The smallest absolute Gasteiger partial charge is 0.335 e. The Kier molecular flexibility index (Phi) is 5.86. The predicted molar refractivity (Wildman–Crippen MR) is 105 cm³/mol. The molecular formula is C21H26N2O4. The van der Waals surface area contributed by atoms with Gasteiger partial charge in [0.1, 0.15) is 11.5 Å². The highest BCUT2D eigenvalue weighted by Gasteiger charge is 2.24. The fourth-order valence-electron chi connectivity index (χ4n) is 3.54. The minimum atomic E-state index is -0.895. The summed E-state index contributed by atoms with van der Waals surface area (Å²) < 4.78 is 10.8. The number of aromatic carboxylic acids is 1. The fraction of sp³-hybridized carbons (Fsp3) is 0.381. The number of carboxylic acids is 1. The zero-order valence-electron chi connectivity index (χ0n) is 16.0. The molecule has 0 bridgehead atoms. The van der Waals surface area contributed by atoms with Crippen molar-refractivity contribution in [1.29, 1.82) is 0 Å². The van der Waals surface area contributed by atoms with Gasteiger partial charge in [0.15, 0.2) is 0 Å². The largest absolute Gasteiger partial charge is 0.497 e. The third-order valence-electron chi connectivity index (χ3n) is 5.23. The molecule has 1 unspecified atom stereocenters. The second-order valence-corrected chi connectivity index (χ2v) is 6.66. The highest BCUT2D eigenvalue weighted by Crippen LogP contribution is 2.33. The maximum atomic E-state index is 11.0. The number of carbonyl (C=O) groups is 1. The minimum absolute atomic E-state index is 0.238. The van der Waals surface area contributed by atoms with Crippen LogP contribution in [-0.2, 0) is 0 Å². The van der Waals surface area contributed by atoms with Gasteiger partial charge in [-0.2, -0.15) is 0 Å². The Bertz CT molecular complexity index is 783. The number of rotatable bonds is 6. The van der Waals surface area contributed by atoms with Gasteiger partial charge in [-0.3, -0.25) is 4.90 Å². The van der Waals surface area contributed by atoms with Gasteiger partial charge in [-0.25, -0.2) is 4.79 Å². The van der Waals surface area contributed by atoms with Gasteiger partial charge in [0, 0.05) is 49.5 Å². The Morgan fingerprint density at radius 2 is 1.67 bits per heavy atom. The van der Waals surface area contributed by atoms with Crippen molar-refractivity contribution in [3.8, 4) is 11.5 Å². The molecule has 2 aromatic carbocycles. The topological polar surface area (TPSA) is 62.2 Å². The lowest BCUT2D eigenvalue weighted by atomic mass is 10.0. The van der Waals surface area contributed by atoms with Gasteiger partial charge in [0.05, 0.1) is 19.8 Å². The zero-order chi connectivity index (χ0) is 19.4. The van der Waals surface area contributed by atoms with Crippen molar-refractivity contribution in [2.45, 2.75) is 13.0 Å². The SMILES string of the molecule is COc1ccc(C(C)N2CCN(c3ccc(C(=O)O)cc3)CC2)c(OC)c1. The number of anilines is 1. The number of benzene rings is 2. The molecule has 0 radical (unpaired) electrons. The molecule has 1 N–H and O–H groups in total. The summed E-state index contributed by atoms with van der Waals surface area (Å²) >= 11 is 0. The quantitative estimate of drug-likeness (QED) is 0.842. The summed E-state index contributed by atoms with van der Waals surface area (Å²) in [5.74, 6) is 0.736. The summed E-state index contributed by atoms with van der Waals surface area (Å²) in [5, 5.41) is 9.03. The van der Waals surface area contributed by atoms with Gasteiger partial charge in [-0.05, 0) is 37.3 Å². The Hall–Kier alpha value is -2.73. The van der Waals surface area contributed by atoms with E-state index in [-0.39, 0.29) is 6.04 Å². The third kappa shape index (κ3) is 4.17. The average Bonchev–Trinajstić information content (AvgIpc) is 2.73. The first-order chi connectivity index (χ1) is 13.0. The molecule has 3 rings (SSSR count). The molecule has 144 valence electrons. The molecule has 0 saturated carbocycles. The van der Waals surface area contributed by atoms with Crippen molar-refractivity contribution >= 4 is 11.7 Å². The van der Waals surface area contributed by atoms with Crippen LogP contribution in [0.3, 0.4) is 0 Å². The zero-order valence-corrected chi connectivity index (χ0v) is 16.0. The predicted octanol–water partition coefficient (Wildman–Crippen LogP) is 3.29. The number of hydrogen-bond acceptors (Lipinski definition) is 5. The van der Waals surface area contributed by atoms with Gasteiger partial charge >= 0.3 is 5.97 Å². The first kappa shape index (κ1) is 19.0. The first-order valence-corrected chi connectivity index (χ1v) is 9.07. The van der Waals surface area contributed by atoms with Crippen LogP contribution >= 0.6 is 0 Å². The molecule has 1 heterocycles. The Balaban J connectivity index is 1.65. The molecule has 27 heavy (non-hydrogen) atoms. The standard InChI is InChI=1S/C21H26N2O4/c1-15(19-9-8-18(26-2)14-20(19)27-3)22-10-12-23(13-11-22)17-6-4-16(5-7-17)21(24)25/h4-9,14-15H,10-13H2,1-3H3,(H,24,25). The number of nitrogens with zero attached hydrogens (tertiary/aromatic N) is 2. The molecule has 1 saturated heterocycles. The molecule has 0 aromatic heterocycles. The van der Waals surface area contributed by atoms with Crippen LogP contribution in [0.15, 0.2) is 42.5 Å². The molecular weight excluding hydrogens is 344 g/mol. The van der Waals surface area contributed by atoms with Crippen molar-refractivity contribution < 1.29 is 19.4 Å². The maximum Gasteiger partial charge on any atom is 0.335 e. The highest BCUT2D eigenvalue weighted by atomic mass is 16.5. The van der Waals surface area contributed by atoms with E-state index in [1.807, 2.05) is 24.3 Å². The molecule has 0 amide bonds. The van der Waals surface area contributed by atoms with E-state index < -0.39 is 5.97 Å². The number of hydrogen-bond donors (Lipinski definition) is 1. The van der Waals surface area contributed by atoms with Gasteiger partial charge in [0.2, 0.25) is 0 Å². The average molecular weight is 370 g/mol. The summed E-state index contributed by atoms with van der Waals surface area (Å²) in [5.41, 5.74) is 2.53. The van der Waals surface area contributed by atoms with E-state index in [4.69, 9.17) is 14.6 Å². The lowest BCUT2D eigenvalue weighted by Gasteiger charge is -2.39. The molecule has 2 aromatic rings. The number of ether oxygens (including phenoxy) is 2. The fourth-order valence-corrected chi connectivity index (χ4v) is 3.54. The monoisotopic (exact) mass is 370 g/mol. The lowest BCUT2D eigenvalue weighted by Crippen LogP contribution is -2.47. The third-order valence-corrected chi connectivity index (χ3v) is 5.23. The normalized spacial score (nSPS) is 16.0. The Morgan fingerprint density at radius 3 is 2.22 bits per heavy atom. The molecule has 0 spiro atoms. The van der Waals surface area contributed by atoms with E-state index >= 15 is 0 Å². The summed E-state index contributed by atoms with van der Waals surface area (Å²) in [7, 11) is 3.34. The van der Waals surface area contributed by atoms with E-state index in [1.165, 1.54) is 0 Å². The van der Waals surface area contributed by atoms with E-state index in [2.05, 4.69) is 22.8 Å². The molecule has 6 heteroatoms. The molecule has 1 aliphatic heterocycles. The van der Waals surface area contributed by atoms with Crippen molar-refractivity contribution in [2.75, 3.05) is 45.3 Å². The molecule has 1 aliphatic rings. The van der Waals surface area contributed by atoms with E-state index in [0.717, 1.165) is 48.9 Å². The summed E-state index contributed by atoms with van der Waals surface area (Å²) in [6.07, 6.45) is 0. The van der Waals surface area contributed by atoms with Crippen LogP contribution in [-0.4, -0.2) is 56.4 Å². The van der Waals surface area contributed by atoms with Crippen LogP contribution in [0.1, 0.15) is 28.9 Å². The summed E-state index contributed by atoms with van der Waals surface area (Å²) in [6, 6.07) is 13.3. The van der Waals surface area contributed by atoms with E-state index in [1.54, 1.807) is 26.4 Å². The van der Waals surface area contributed by atoms with Crippen LogP contribution in [0, 0.1) is 0 Å². The van der Waals surface area contributed by atoms with Crippen molar-refractivity contribution in [3.63, 3.8) is 0 Å². The highest BCUT2D eigenvalue weighted by molar-refractivity contribution is 5.88. The van der Waals surface area contributed by atoms with Crippen LogP contribution in [0.2, 0.25) is 0 Å². The molecule has 6 nitrogen and oxygen atoms in total. The molecule has 0 aliphatic carbocycles. The lowest BCUT2D eigenvalue weighted by molar-refractivity contribution is 0.0697. The van der Waals surface area contributed by atoms with Gasteiger partial charge in [0.25, 0.3) is 0 Å². The van der Waals surface area contributed by atoms with Crippen LogP contribution in [0.25, 0.3) is 0 Å². The van der Waals surface area contributed by atoms with E-state index in [0.29, 0.717) is 5.56 Å². The van der Waals surface area contributed by atoms with Crippen molar-refractivity contribution in [1.82, 2.24) is 4.90 Å². The van der Waals surface area contributed by atoms with Crippen LogP contribution in [0.5, 0.6) is 11.5 Å². The second kappa shape index (κ2) is 8.31. The summed E-state index contributed by atoms with van der Waals surface area (Å²) in [4.78, 5) is 15.7. The van der Waals surface area contributed by atoms with Crippen molar-refractivity contribution in [3.05, 3.63) is 53.6 Å². The van der Waals surface area contributed by atoms with Gasteiger partial charge in [-0.15, -0.1) is 0 Å². The van der Waals surface area contributed by atoms with Crippen LogP contribution in [0.4, 0.5) is 5.69 Å².